The number of anilines is 1. The van der Waals surface area contributed by atoms with Gasteiger partial charge in [0, 0.05) is 25.0 Å². The lowest BCUT2D eigenvalue weighted by Gasteiger charge is -2.27. The summed E-state index contributed by atoms with van der Waals surface area (Å²) in [7, 11) is 0. The molecule has 2 heterocycles. The first-order valence-electron chi connectivity index (χ1n) is 10.9. The fraction of sp³-hybridized carbons (Fsp3) is 0.360. The van der Waals surface area contributed by atoms with Gasteiger partial charge in [0.25, 0.3) is 5.56 Å². The van der Waals surface area contributed by atoms with Crippen LogP contribution in [0.2, 0.25) is 0 Å². The molecule has 31 heavy (non-hydrogen) atoms. The van der Waals surface area contributed by atoms with Crippen LogP contribution in [0.1, 0.15) is 34.8 Å². The summed E-state index contributed by atoms with van der Waals surface area (Å²) in [5.74, 6) is -0.551. The van der Waals surface area contributed by atoms with Crippen molar-refractivity contribution in [3.05, 3.63) is 75.6 Å². The maximum absolute atomic E-state index is 13.8. The zero-order valence-corrected chi connectivity index (χ0v) is 18.2. The molecule has 1 fully saturated rings. The van der Waals surface area contributed by atoms with E-state index in [4.69, 9.17) is 4.74 Å². The van der Waals surface area contributed by atoms with Crippen molar-refractivity contribution < 1.29 is 9.53 Å². The summed E-state index contributed by atoms with van der Waals surface area (Å²) in [5, 5.41) is 4.31. The number of nitrogens with zero attached hydrogens (tertiary/aromatic N) is 2. The Labute approximate surface area is 182 Å². The minimum absolute atomic E-state index is 0.137. The van der Waals surface area contributed by atoms with Crippen molar-refractivity contribution >= 4 is 22.6 Å². The van der Waals surface area contributed by atoms with Crippen molar-refractivity contribution in [3.8, 4) is 0 Å². The van der Waals surface area contributed by atoms with Crippen LogP contribution in [-0.4, -0.2) is 43.3 Å². The fourth-order valence-corrected chi connectivity index (χ4v) is 4.26. The highest BCUT2D eigenvalue weighted by Gasteiger charge is 2.27. The standard InChI is InChI=1S/C25H29N3O3/c1-3-31-25(30)22-23(27-14-7-12-26-13-15-27)20-16-18(2)10-11-21(20)28(24(22)29)17-19-8-5-4-6-9-19/h4-6,8-11,16,26H,3,7,12-15,17H2,1-2H3. The zero-order chi connectivity index (χ0) is 21.8. The van der Waals surface area contributed by atoms with Gasteiger partial charge in [0.1, 0.15) is 5.56 Å². The molecule has 1 aliphatic rings. The zero-order valence-electron chi connectivity index (χ0n) is 18.2. The second kappa shape index (κ2) is 9.35. The molecule has 162 valence electrons. The number of benzene rings is 2. The van der Waals surface area contributed by atoms with Gasteiger partial charge in [0.05, 0.1) is 24.4 Å². The fourth-order valence-electron chi connectivity index (χ4n) is 4.26. The molecule has 0 radical (unpaired) electrons. The Morgan fingerprint density at radius 1 is 1.10 bits per heavy atom. The lowest BCUT2D eigenvalue weighted by Crippen LogP contribution is -2.35. The molecule has 0 spiro atoms. The van der Waals surface area contributed by atoms with Gasteiger partial charge < -0.3 is 19.5 Å². The van der Waals surface area contributed by atoms with Gasteiger partial charge in [-0.3, -0.25) is 4.79 Å². The third-order valence-electron chi connectivity index (χ3n) is 5.71. The van der Waals surface area contributed by atoms with Gasteiger partial charge in [-0.25, -0.2) is 4.79 Å². The summed E-state index contributed by atoms with van der Waals surface area (Å²) >= 11 is 0. The van der Waals surface area contributed by atoms with E-state index in [-0.39, 0.29) is 17.7 Å². The summed E-state index contributed by atoms with van der Waals surface area (Å²) in [4.78, 5) is 29.0. The molecule has 4 rings (SSSR count). The molecule has 0 saturated carbocycles. The highest BCUT2D eigenvalue weighted by molar-refractivity contribution is 6.05. The van der Waals surface area contributed by atoms with Crippen LogP contribution in [-0.2, 0) is 11.3 Å². The predicted octanol–water partition coefficient (Wildman–Crippen LogP) is 3.33. The summed E-state index contributed by atoms with van der Waals surface area (Å²) < 4.78 is 7.07. The number of fused-ring (bicyclic) bond motifs is 1. The van der Waals surface area contributed by atoms with Crippen LogP contribution in [0.5, 0.6) is 0 Å². The van der Waals surface area contributed by atoms with E-state index in [1.54, 1.807) is 11.5 Å². The number of hydrogen-bond donors (Lipinski definition) is 1. The van der Waals surface area contributed by atoms with Crippen LogP contribution < -0.4 is 15.8 Å². The predicted molar refractivity (Wildman–Crippen MR) is 124 cm³/mol. The summed E-state index contributed by atoms with van der Waals surface area (Å²) in [6.07, 6.45) is 0.947. The molecule has 6 nitrogen and oxygen atoms in total. The summed E-state index contributed by atoms with van der Waals surface area (Å²) in [5.41, 5.74) is 3.47. The van der Waals surface area contributed by atoms with Crippen molar-refractivity contribution in [2.45, 2.75) is 26.8 Å². The Hall–Kier alpha value is -3.12. The van der Waals surface area contributed by atoms with Gasteiger partial charge in [-0.2, -0.15) is 0 Å². The van der Waals surface area contributed by atoms with E-state index in [0.717, 1.165) is 54.6 Å². The topological polar surface area (TPSA) is 63.6 Å². The van der Waals surface area contributed by atoms with E-state index in [1.807, 2.05) is 49.4 Å². The normalized spacial score (nSPS) is 14.5. The highest BCUT2D eigenvalue weighted by Crippen LogP contribution is 2.31. The van der Waals surface area contributed by atoms with Gasteiger partial charge in [-0.05, 0) is 44.5 Å². The van der Waals surface area contributed by atoms with Crippen LogP contribution in [0.3, 0.4) is 0 Å². The number of carbonyl (C=O) groups excluding carboxylic acids is 1. The average molecular weight is 420 g/mol. The number of aryl methyl sites for hydroxylation is 1. The number of ether oxygens (including phenoxy) is 1. The largest absolute Gasteiger partial charge is 0.462 e. The first kappa shape index (κ1) is 21.1. The van der Waals surface area contributed by atoms with Gasteiger partial charge in [-0.1, -0.05) is 42.0 Å². The quantitative estimate of drug-likeness (QED) is 0.643. The maximum atomic E-state index is 13.8. The molecule has 1 aromatic heterocycles. The third kappa shape index (κ3) is 4.35. The van der Waals surface area contributed by atoms with Crippen LogP contribution in [0.25, 0.3) is 10.9 Å². The second-order valence-corrected chi connectivity index (χ2v) is 7.93. The van der Waals surface area contributed by atoms with Crippen molar-refractivity contribution in [2.75, 3.05) is 37.7 Å². The van der Waals surface area contributed by atoms with Gasteiger partial charge in [-0.15, -0.1) is 0 Å². The van der Waals surface area contributed by atoms with Crippen molar-refractivity contribution in [3.63, 3.8) is 0 Å². The molecule has 0 amide bonds. The van der Waals surface area contributed by atoms with Crippen molar-refractivity contribution in [1.29, 1.82) is 0 Å². The molecule has 1 saturated heterocycles. The third-order valence-corrected chi connectivity index (χ3v) is 5.71. The number of nitrogens with one attached hydrogen (secondary N) is 1. The van der Waals surface area contributed by atoms with E-state index in [1.165, 1.54) is 0 Å². The monoisotopic (exact) mass is 419 g/mol. The molecule has 0 bridgehead atoms. The Bertz CT molecular complexity index is 1130. The number of rotatable bonds is 5. The number of pyridine rings is 1. The number of carbonyl (C=O) groups is 1. The van der Waals surface area contributed by atoms with Crippen LogP contribution in [0.4, 0.5) is 5.69 Å². The smallest absolute Gasteiger partial charge is 0.345 e. The molecule has 3 aromatic rings. The van der Waals surface area contributed by atoms with Gasteiger partial charge in [0.2, 0.25) is 0 Å². The van der Waals surface area contributed by atoms with Crippen LogP contribution >= 0.6 is 0 Å². The van der Waals surface area contributed by atoms with E-state index < -0.39 is 5.97 Å². The van der Waals surface area contributed by atoms with E-state index in [0.29, 0.717) is 12.2 Å². The van der Waals surface area contributed by atoms with Gasteiger partial charge in [0.15, 0.2) is 0 Å². The van der Waals surface area contributed by atoms with Crippen molar-refractivity contribution in [1.82, 2.24) is 9.88 Å². The van der Waals surface area contributed by atoms with E-state index in [9.17, 15) is 9.59 Å². The molecule has 1 N–H and O–H groups in total. The Morgan fingerprint density at radius 3 is 2.68 bits per heavy atom. The molecule has 6 heteroatoms. The molecule has 0 unspecified atom stereocenters. The molecular weight excluding hydrogens is 390 g/mol. The summed E-state index contributed by atoms with van der Waals surface area (Å²) in [6, 6.07) is 15.9. The summed E-state index contributed by atoms with van der Waals surface area (Å²) in [6.45, 7) is 7.67. The Morgan fingerprint density at radius 2 is 1.90 bits per heavy atom. The number of hydrogen-bond acceptors (Lipinski definition) is 5. The van der Waals surface area contributed by atoms with Crippen molar-refractivity contribution in [2.24, 2.45) is 0 Å². The molecule has 0 aliphatic carbocycles. The highest BCUT2D eigenvalue weighted by atomic mass is 16.5. The molecular formula is C25H29N3O3. The SMILES string of the molecule is CCOC(=O)c1c(N2CCCNCC2)c2cc(C)ccc2n(Cc2ccccc2)c1=O. The maximum Gasteiger partial charge on any atom is 0.345 e. The minimum atomic E-state index is -0.551. The molecule has 2 aromatic carbocycles. The number of esters is 1. The van der Waals surface area contributed by atoms with Crippen LogP contribution in [0, 0.1) is 6.92 Å². The molecule has 1 aliphatic heterocycles. The minimum Gasteiger partial charge on any atom is -0.462 e. The second-order valence-electron chi connectivity index (χ2n) is 7.93. The lowest BCUT2D eigenvalue weighted by molar-refractivity contribution is 0.0524. The Kier molecular flexibility index (Phi) is 6.37. The Balaban J connectivity index is 2.01. The van der Waals surface area contributed by atoms with E-state index >= 15 is 0 Å². The lowest BCUT2D eigenvalue weighted by atomic mass is 10.0. The average Bonchev–Trinajstić information content (AvgIpc) is 3.05. The molecule has 0 atom stereocenters. The van der Waals surface area contributed by atoms with Gasteiger partial charge >= 0.3 is 5.97 Å². The van der Waals surface area contributed by atoms with E-state index in [2.05, 4.69) is 16.3 Å². The first-order valence-corrected chi connectivity index (χ1v) is 10.9. The first-order chi connectivity index (χ1) is 15.1. The van der Waals surface area contributed by atoms with Crippen LogP contribution in [0.15, 0.2) is 53.3 Å². The number of aromatic nitrogens is 1.